The van der Waals surface area contributed by atoms with Gasteiger partial charge in [0.2, 0.25) is 0 Å². The van der Waals surface area contributed by atoms with Gasteiger partial charge in [-0.25, -0.2) is 0 Å². The Morgan fingerprint density at radius 1 is 0.800 bits per heavy atom. The van der Waals surface area contributed by atoms with E-state index in [0.29, 0.717) is 5.69 Å². The van der Waals surface area contributed by atoms with Gasteiger partial charge in [-0.15, -0.1) is 41.8 Å². The molecule has 0 saturated carbocycles. The number of pyridine rings is 2. The van der Waals surface area contributed by atoms with Gasteiger partial charge in [0.15, 0.2) is 0 Å². The van der Waals surface area contributed by atoms with Crippen molar-refractivity contribution in [1.82, 2.24) is 14.4 Å². The molecule has 0 aliphatic rings. The predicted molar refractivity (Wildman–Crippen MR) is 163 cm³/mol. The van der Waals surface area contributed by atoms with Crippen molar-refractivity contribution in [3.8, 4) is 11.3 Å². The Bertz CT molecular complexity index is 1800. The van der Waals surface area contributed by atoms with Crippen molar-refractivity contribution in [3.63, 3.8) is 0 Å². The predicted octanol–water partition coefficient (Wildman–Crippen LogP) is 7.36. The molecular weight excluding hydrogens is 713 g/mol. The first kappa shape index (κ1) is 29.9. The van der Waals surface area contributed by atoms with E-state index in [0.717, 1.165) is 23.2 Å². The summed E-state index contributed by atoms with van der Waals surface area (Å²) in [4.78, 5) is 8.76. The van der Waals surface area contributed by atoms with Gasteiger partial charge in [0.05, 0.1) is 21.8 Å². The maximum Gasteiger partial charge on any atom is 0.0795 e. The number of nitrogens with zero attached hydrogens (tertiary/aromatic N) is 3. The Balaban J connectivity index is 0.000000183. The first-order valence-electron chi connectivity index (χ1n) is 13.0. The molecule has 0 unspecified atom stereocenters. The zero-order valence-electron chi connectivity index (χ0n) is 23.4. The van der Waals surface area contributed by atoms with Gasteiger partial charge in [-0.05, 0) is 22.3 Å². The second kappa shape index (κ2) is 11.5. The Labute approximate surface area is 249 Å². The number of halogens is 2. The fourth-order valence-electron chi connectivity index (χ4n) is 4.58. The van der Waals surface area contributed by atoms with E-state index in [4.69, 9.17) is 0 Å². The molecule has 0 spiro atoms. The first-order chi connectivity index (χ1) is 18.4. The quantitative estimate of drug-likeness (QED) is 0.108. The van der Waals surface area contributed by atoms with Gasteiger partial charge in [0.25, 0.3) is 0 Å². The van der Waals surface area contributed by atoms with Crippen molar-refractivity contribution in [2.24, 2.45) is 0 Å². The minimum atomic E-state index is -1.41. The summed E-state index contributed by atoms with van der Waals surface area (Å²) in [5, 5.41) is 6.33. The summed E-state index contributed by atoms with van der Waals surface area (Å²) in [6.45, 7) is 13.8. The van der Waals surface area contributed by atoms with Crippen LogP contribution in [0.25, 0.3) is 38.6 Å². The third-order valence-electron chi connectivity index (χ3n) is 6.88. The molecule has 8 heteroatoms. The molecule has 6 aromatic rings. The molecule has 0 atom stereocenters. The summed E-state index contributed by atoms with van der Waals surface area (Å²) in [6, 6.07) is 24.7. The zero-order valence-corrected chi connectivity index (χ0v) is 27.8. The van der Waals surface area contributed by atoms with Crippen LogP contribution < -0.4 is 10.4 Å². The van der Waals surface area contributed by atoms with E-state index in [2.05, 4.69) is 96.1 Å². The normalized spacial score (nSPS) is 11.8. The summed E-state index contributed by atoms with van der Waals surface area (Å²) < 4.78 is 28.5. The molecule has 6 rings (SSSR count). The van der Waals surface area contributed by atoms with Crippen molar-refractivity contribution in [3.05, 3.63) is 103 Å². The van der Waals surface area contributed by atoms with Gasteiger partial charge < -0.3 is 9.38 Å². The third kappa shape index (κ3) is 6.00. The van der Waals surface area contributed by atoms with E-state index in [1.54, 1.807) is 12.3 Å². The van der Waals surface area contributed by atoms with E-state index >= 15 is 0 Å². The van der Waals surface area contributed by atoms with Crippen LogP contribution in [0, 0.1) is 23.8 Å². The first-order valence-corrected chi connectivity index (χ1v) is 20.0. The zero-order chi connectivity index (χ0) is 27.9. The molecular formula is C32H31F2IrN3Si2-2. The fourth-order valence-corrected chi connectivity index (χ4v) is 6.78. The molecule has 0 bridgehead atoms. The van der Waals surface area contributed by atoms with Gasteiger partial charge in [-0.2, -0.15) is 0 Å². The molecule has 0 aliphatic carbocycles. The third-order valence-corrected chi connectivity index (χ3v) is 10.9. The van der Waals surface area contributed by atoms with Crippen molar-refractivity contribution in [2.75, 3.05) is 0 Å². The molecule has 40 heavy (non-hydrogen) atoms. The average molecular weight is 744 g/mol. The smallest absolute Gasteiger partial charge is 0.0795 e. The molecule has 3 heterocycles. The van der Waals surface area contributed by atoms with Crippen LogP contribution in [-0.4, -0.2) is 30.5 Å². The monoisotopic (exact) mass is 744 g/mol. The van der Waals surface area contributed by atoms with Crippen LogP contribution in [0.4, 0.5) is 8.78 Å². The Morgan fingerprint density at radius 3 is 2.17 bits per heavy atom. The molecule has 3 nitrogen and oxygen atoms in total. The van der Waals surface area contributed by atoms with Gasteiger partial charge in [-0.3, -0.25) is 13.8 Å². The standard InChI is InChI=1S/C18H17N2Si.C14H14F2NSi.Ir/c1-21(2,3)13-8-9-17-16(12-13)14-6-4-5-7-15(14)18-19-10-11-20(17)18;1-18(2,3)11-5-7-14(17-9-11)12-6-4-10(15)8-13(12)16;/h4-6,8-12H,1-3H3;4-5,7-9H,1-3H3;/q2*-1;. The number of aromatic nitrogens is 3. The van der Waals surface area contributed by atoms with E-state index in [9.17, 15) is 8.78 Å². The Kier molecular flexibility index (Phi) is 8.57. The minimum Gasteiger partial charge on any atom is -0.340 e. The van der Waals surface area contributed by atoms with Gasteiger partial charge >= 0.3 is 0 Å². The summed E-state index contributed by atoms with van der Waals surface area (Å²) in [6.07, 6.45) is 5.67. The van der Waals surface area contributed by atoms with Gasteiger partial charge in [0, 0.05) is 55.8 Å². The molecule has 0 saturated heterocycles. The molecule has 3 aromatic carbocycles. The Hall–Kier alpha value is -3.04. The molecule has 3 aromatic heterocycles. The number of benzene rings is 3. The maximum absolute atomic E-state index is 13.6. The van der Waals surface area contributed by atoms with Crippen molar-refractivity contribution in [2.45, 2.75) is 39.3 Å². The average Bonchev–Trinajstić information content (AvgIpc) is 3.39. The minimum absolute atomic E-state index is 0. The van der Waals surface area contributed by atoms with Crippen LogP contribution in [0.3, 0.4) is 0 Å². The van der Waals surface area contributed by atoms with Crippen LogP contribution in [0.5, 0.6) is 0 Å². The van der Waals surface area contributed by atoms with Crippen LogP contribution in [-0.2, 0) is 20.1 Å². The second-order valence-electron chi connectivity index (χ2n) is 11.8. The van der Waals surface area contributed by atoms with Crippen LogP contribution >= 0.6 is 0 Å². The SMILES string of the molecule is C[Si](C)(C)c1ccc(-c2[c-]cc(F)cc2F)nc1.C[Si](C)(C)c1ccc2c(c1)c1ccc[c-]c1c1nccn21.[Ir]. The summed E-state index contributed by atoms with van der Waals surface area (Å²) in [5.41, 5.74) is 2.89. The van der Waals surface area contributed by atoms with Crippen LogP contribution in [0.1, 0.15) is 0 Å². The number of fused-ring (bicyclic) bond motifs is 6. The summed E-state index contributed by atoms with van der Waals surface area (Å²) in [7, 11) is -2.73. The molecule has 207 valence electrons. The number of rotatable bonds is 3. The van der Waals surface area contributed by atoms with Crippen molar-refractivity contribution < 1.29 is 28.9 Å². The second-order valence-corrected chi connectivity index (χ2v) is 21.9. The fraction of sp³-hybridized carbons (Fsp3) is 0.188. The number of imidazole rings is 1. The Morgan fingerprint density at radius 2 is 1.52 bits per heavy atom. The van der Waals surface area contributed by atoms with E-state index < -0.39 is 27.8 Å². The summed E-state index contributed by atoms with van der Waals surface area (Å²) in [5.74, 6) is -1.27. The molecule has 0 N–H and O–H groups in total. The topological polar surface area (TPSA) is 30.2 Å². The number of hydrogen-bond donors (Lipinski definition) is 0. The van der Waals surface area contributed by atoms with Gasteiger partial charge in [-0.1, -0.05) is 85.8 Å². The molecule has 0 amide bonds. The van der Waals surface area contributed by atoms with E-state index in [1.807, 2.05) is 24.5 Å². The summed E-state index contributed by atoms with van der Waals surface area (Å²) >= 11 is 0. The largest absolute Gasteiger partial charge is 0.340 e. The van der Waals surface area contributed by atoms with Crippen LogP contribution in [0.15, 0.2) is 79.3 Å². The molecule has 0 fully saturated rings. The maximum atomic E-state index is 13.6. The number of hydrogen-bond acceptors (Lipinski definition) is 2. The molecule has 0 aliphatic heterocycles. The van der Waals surface area contributed by atoms with E-state index in [1.165, 1.54) is 26.7 Å². The van der Waals surface area contributed by atoms with Crippen molar-refractivity contribution in [1.29, 1.82) is 0 Å². The van der Waals surface area contributed by atoms with Crippen molar-refractivity contribution >= 4 is 53.8 Å². The van der Waals surface area contributed by atoms with Crippen LogP contribution in [0.2, 0.25) is 39.3 Å². The molecule has 1 radical (unpaired) electrons. The van der Waals surface area contributed by atoms with Gasteiger partial charge in [0.1, 0.15) is 0 Å². The van der Waals surface area contributed by atoms with E-state index in [-0.39, 0.29) is 25.7 Å².